The molecule has 1 aromatic heterocycles. The molecule has 4 atom stereocenters. The first kappa shape index (κ1) is 29.0. The minimum absolute atomic E-state index is 0.0193. The van der Waals surface area contributed by atoms with Crippen molar-refractivity contribution in [1.82, 2.24) is 24.0 Å². The van der Waals surface area contributed by atoms with Gasteiger partial charge in [0.2, 0.25) is 10.0 Å². The van der Waals surface area contributed by atoms with Gasteiger partial charge in [-0.15, -0.1) is 0 Å². The molecule has 0 radical (unpaired) electrons. The fraction of sp³-hybridized carbons (Fsp3) is 0.643. The SMILES string of the molecule is CC(C)n1c(=O)c(OC(=O)NC2C[C@H]3CC[C@@H](C2)N3CC(O)CN2CCN(S(C)(=O)=O)CC2)cc2ccccc21. The number of aliphatic hydroxyl groups is 1. The molecule has 2 unspecified atom stereocenters. The number of pyridine rings is 1. The van der Waals surface area contributed by atoms with Crippen LogP contribution in [0.25, 0.3) is 10.9 Å². The van der Waals surface area contributed by atoms with Gasteiger partial charge in [0, 0.05) is 68.8 Å². The molecule has 3 aliphatic heterocycles. The topological polar surface area (TPSA) is 124 Å². The molecule has 40 heavy (non-hydrogen) atoms. The number of nitrogens with one attached hydrogen (secondary N) is 1. The number of ether oxygens (including phenoxy) is 1. The highest BCUT2D eigenvalue weighted by atomic mass is 32.2. The Kier molecular flexibility index (Phi) is 8.53. The summed E-state index contributed by atoms with van der Waals surface area (Å²) < 4.78 is 32.2. The van der Waals surface area contributed by atoms with Gasteiger partial charge in [-0.25, -0.2) is 13.2 Å². The van der Waals surface area contributed by atoms with E-state index in [2.05, 4.69) is 15.1 Å². The highest BCUT2D eigenvalue weighted by molar-refractivity contribution is 7.88. The lowest BCUT2D eigenvalue weighted by Gasteiger charge is -2.41. The molecule has 4 heterocycles. The van der Waals surface area contributed by atoms with Crippen molar-refractivity contribution < 1.29 is 23.1 Å². The zero-order chi connectivity index (χ0) is 28.6. The summed E-state index contributed by atoms with van der Waals surface area (Å²) in [5, 5.41) is 14.7. The van der Waals surface area contributed by atoms with E-state index in [1.165, 1.54) is 10.6 Å². The van der Waals surface area contributed by atoms with Crippen LogP contribution in [-0.4, -0.2) is 108 Å². The summed E-state index contributed by atoms with van der Waals surface area (Å²) in [7, 11) is -3.17. The second-order valence-electron chi connectivity index (χ2n) is 11.7. The third-order valence-corrected chi connectivity index (χ3v) is 9.83. The Labute approximate surface area is 235 Å². The third-order valence-electron chi connectivity index (χ3n) is 8.53. The van der Waals surface area contributed by atoms with E-state index < -0.39 is 22.2 Å². The number of β-amino-alcohol motifs (C(OH)–C–C–N with tert-alkyl or cyclic N) is 1. The minimum Gasteiger partial charge on any atom is -0.404 e. The Morgan fingerprint density at radius 3 is 2.35 bits per heavy atom. The molecule has 1 amide bonds. The van der Waals surface area contributed by atoms with Gasteiger partial charge in [0.25, 0.3) is 5.56 Å². The van der Waals surface area contributed by atoms with Crippen molar-refractivity contribution in [2.24, 2.45) is 0 Å². The molecule has 2 N–H and O–H groups in total. The van der Waals surface area contributed by atoms with Crippen molar-refractivity contribution in [2.45, 2.75) is 69.8 Å². The van der Waals surface area contributed by atoms with Gasteiger partial charge in [-0.3, -0.25) is 14.6 Å². The predicted octanol–water partition coefficient (Wildman–Crippen LogP) is 1.60. The van der Waals surface area contributed by atoms with Crippen LogP contribution in [0.3, 0.4) is 0 Å². The maximum absolute atomic E-state index is 13.1. The monoisotopic (exact) mass is 575 g/mol. The zero-order valence-electron chi connectivity index (χ0n) is 23.5. The number of rotatable bonds is 8. The number of hydrogen-bond acceptors (Lipinski definition) is 8. The number of sulfonamides is 1. The maximum Gasteiger partial charge on any atom is 0.413 e. The summed E-state index contributed by atoms with van der Waals surface area (Å²) in [5.74, 6) is 0.0193. The van der Waals surface area contributed by atoms with E-state index in [9.17, 15) is 23.1 Å². The average Bonchev–Trinajstić information content (AvgIpc) is 3.10. The summed E-state index contributed by atoms with van der Waals surface area (Å²) in [5.41, 5.74) is 0.475. The molecule has 11 nitrogen and oxygen atoms in total. The number of piperazine rings is 1. The summed E-state index contributed by atoms with van der Waals surface area (Å²) >= 11 is 0. The number of para-hydroxylation sites is 1. The number of carbonyl (C=O) groups excluding carboxylic acids is 1. The molecule has 0 saturated carbocycles. The fourth-order valence-corrected chi connectivity index (χ4v) is 7.50. The molecule has 12 heteroatoms. The molecule has 0 aliphatic carbocycles. The lowest BCUT2D eigenvalue weighted by molar-refractivity contribution is 0.0282. The molecule has 3 fully saturated rings. The second-order valence-corrected chi connectivity index (χ2v) is 13.7. The van der Waals surface area contributed by atoms with Gasteiger partial charge in [0.05, 0.1) is 17.9 Å². The number of piperidine rings is 1. The molecule has 3 aliphatic rings. The van der Waals surface area contributed by atoms with Crippen molar-refractivity contribution in [3.8, 4) is 5.75 Å². The van der Waals surface area contributed by atoms with E-state index >= 15 is 0 Å². The first-order valence-electron chi connectivity index (χ1n) is 14.2. The van der Waals surface area contributed by atoms with Gasteiger partial charge in [0.15, 0.2) is 5.75 Å². The number of benzene rings is 1. The first-order chi connectivity index (χ1) is 19.0. The Bertz CT molecular complexity index is 1370. The normalized spacial score (nSPS) is 25.4. The highest BCUT2D eigenvalue weighted by Crippen LogP contribution is 2.36. The van der Waals surface area contributed by atoms with Crippen LogP contribution in [0, 0.1) is 0 Å². The van der Waals surface area contributed by atoms with Crippen LogP contribution in [0.15, 0.2) is 35.1 Å². The van der Waals surface area contributed by atoms with E-state index in [1.54, 1.807) is 10.6 Å². The molecule has 0 spiro atoms. The smallest absolute Gasteiger partial charge is 0.404 e. The van der Waals surface area contributed by atoms with Crippen molar-refractivity contribution in [3.63, 3.8) is 0 Å². The molecular weight excluding hydrogens is 534 g/mol. The Hall–Kier alpha value is -2.51. The molecule has 220 valence electrons. The van der Waals surface area contributed by atoms with Gasteiger partial charge in [0.1, 0.15) is 0 Å². The number of fused-ring (bicyclic) bond motifs is 3. The lowest BCUT2D eigenvalue weighted by Crippen LogP contribution is -2.55. The molecule has 5 rings (SSSR count). The van der Waals surface area contributed by atoms with Crippen LogP contribution >= 0.6 is 0 Å². The largest absolute Gasteiger partial charge is 0.413 e. The number of aliphatic hydroxyl groups excluding tert-OH is 1. The van der Waals surface area contributed by atoms with E-state index in [0.29, 0.717) is 39.3 Å². The molecular formula is C28H41N5O6S. The maximum atomic E-state index is 13.1. The quantitative estimate of drug-likeness (QED) is 0.487. The third kappa shape index (κ3) is 6.36. The van der Waals surface area contributed by atoms with E-state index in [1.807, 2.05) is 38.1 Å². The van der Waals surface area contributed by atoms with Gasteiger partial charge >= 0.3 is 6.09 Å². The standard InChI is InChI=1S/C28H41N5O6S/c1-19(2)33-25-7-5-4-6-20(25)14-26(27(33)35)39-28(36)29-21-15-22-8-9-23(16-21)32(22)18-24(34)17-30-10-12-31(13-11-30)40(3,37)38/h4-7,14,19,21-24,34H,8-13,15-18H2,1-3H3,(H,29,36)/t21?,22-,23+,24?. The predicted molar refractivity (Wildman–Crippen MR) is 153 cm³/mol. The van der Waals surface area contributed by atoms with Crippen LogP contribution in [-0.2, 0) is 10.0 Å². The molecule has 2 bridgehead atoms. The lowest BCUT2D eigenvalue weighted by atomic mass is 9.97. The Morgan fingerprint density at radius 1 is 1.07 bits per heavy atom. The van der Waals surface area contributed by atoms with Gasteiger partial charge in [-0.05, 0) is 51.7 Å². The van der Waals surface area contributed by atoms with Crippen molar-refractivity contribution in [3.05, 3.63) is 40.7 Å². The summed E-state index contributed by atoms with van der Waals surface area (Å²) in [6, 6.07) is 9.57. The number of hydrogen-bond donors (Lipinski definition) is 2. The summed E-state index contributed by atoms with van der Waals surface area (Å²) in [6.07, 6.45) is 3.64. The van der Waals surface area contributed by atoms with Crippen LogP contribution < -0.4 is 15.6 Å². The van der Waals surface area contributed by atoms with Crippen LogP contribution in [0.5, 0.6) is 5.75 Å². The van der Waals surface area contributed by atoms with Gasteiger partial charge in [-0.1, -0.05) is 18.2 Å². The average molecular weight is 576 g/mol. The molecule has 1 aromatic carbocycles. The number of amides is 1. The number of nitrogens with zero attached hydrogens (tertiary/aromatic N) is 4. The second kappa shape index (κ2) is 11.8. The van der Waals surface area contributed by atoms with E-state index in [4.69, 9.17) is 4.74 Å². The Morgan fingerprint density at radius 2 is 1.73 bits per heavy atom. The number of carbonyl (C=O) groups is 1. The Balaban J connectivity index is 1.14. The molecule has 3 saturated heterocycles. The zero-order valence-corrected chi connectivity index (χ0v) is 24.3. The van der Waals surface area contributed by atoms with Gasteiger partial charge in [-0.2, -0.15) is 4.31 Å². The first-order valence-corrected chi connectivity index (χ1v) is 16.1. The summed E-state index contributed by atoms with van der Waals surface area (Å²) in [6.45, 7) is 7.07. The van der Waals surface area contributed by atoms with Crippen LogP contribution in [0.2, 0.25) is 0 Å². The van der Waals surface area contributed by atoms with Crippen LogP contribution in [0.4, 0.5) is 4.79 Å². The summed E-state index contributed by atoms with van der Waals surface area (Å²) in [4.78, 5) is 30.5. The van der Waals surface area contributed by atoms with Crippen molar-refractivity contribution >= 4 is 27.0 Å². The van der Waals surface area contributed by atoms with E-state index in [-0.39, 0.29) is 35.5 Å². The van der Waals surface area contributed by atoms with Crippen molar-refractivity contribution in [2.75, 3.05) is 45.5 Å². The van der Waals surface area contributed by atoms with Gasteiger partial charge < -0.3 is 19.7 Å². The van der Waals surface area contributed by atoms with E-state index in [0.717, 1.165) is 36.6 Å². The highest BCUT2D eigenvalue weighted by Gasteiger charge is 2.42. The minimum atomic E-state index is -3.17. The molecule has 2 aromatic rings. The van der Waals surface area contributed by atoms with Crippen molar-refractivity contribution in [1.29, 1.82) is 0 Å². The number of aromatic nitrogens is 1. The fourth-order valence-electron chi connectivity index (χ4n) is 6.67. The van der Waals surface area contributed by atoms with Crippen LogP contribution in [0.1, 0.15) is 45.6 Å².